The Bertz CT molecular complexity index is 2120. The number of hydrogen-bond donors (Lipinski definition) is 2. The van der Waals surface area contributed by atoms with Crippen molar-refractivity contribution < 1.29 is 57.5 Å². The molecule has 1 saturated carbocycles. The van der Waals surface area contributed by atoms with Crippen LogP contribution < -0.4 is 14.2 Å². The normalized spacial score (nSPS) is 25.2. The molecule has 13 nitrogen and oxygen atoms in total. The molecule has 3 aromatic carbocycles. The Balaban J connectivity index is 1.45. The highest BCUT2D eigenvalue weighted by atomic mass is 19.1. The number of fused-ring (bicyclic) bond motifs is 2. The monoisotopic (exact) mass is 884 g/mol. The van der Waals surface area contributed by atoms with Gasteiger partial charge in [0.2, 0.25) is 12.1 Å². The largest absolute Gasteiger partial charge is 0.496 e. The van der Waals surface area contributed by atoms with Crippen molar-refractivity contribution in [2.24, 2.45) is 22.9 Å². The molecule has 2 aliphatic carbocycles. The lowest BCUT2D eigenvalue weighted by Gasteiger charge is -2.59. The average Bonchev–Trinajstić information content (AvgIpc) is 3.31. The van der Waals surface area contributed by atoms with Crippen molar-refractivity contribution in [3.05, 3.63) is 107 Å². The zero-order valence-electron chi connectivity index (χ0n) is 36.8. The van der Waals surface area contributed by atoms with Gasteiger partial charge in [0.15, 0.2) is 6.29 Å². The quantitative estimate of drug-likeness (QED) is 0.0455. The Kier molecular flexibility index (Phi) is 16.1. The predicted molar refractivity (Wildman–Crippen MR) is 237 cm³/mol. The topological polar surface area (TPSA) is 155 Å². The number of benzene rings is 3. The molecule has 1 unspecified atom stereocenters. The van der Waals surface area contributed by atoms with Crippen molar-refractivity contribution >= 4 is 18.1 Å². The van der Waals surface area contributed by atoms with Crippen LogP contribution in [0.25, 0.3) is 0 Å². The van der Waals surface area contributed by atoms with E-state index < -0.39 is 35.9 Å². The fourth-order valence-electron chi connectivity index (χ4n) is 9.93. The number of oxime groups is 1. The third kappa shape index (κ3) is 10.3. The van der Waals surface area contributed by atoms with Crippen LogP contribution >= 0.6 is 0 Å². The number of halogens is 1. The van der Waals surface area contributed by atoms with Crippen molar-refractivity contribution in [2.75, 3.05) is 40.1 Å². The first-order chi connectivity index (χ1) is 31.3. The van der Waals surface area contributed by atoms with Gasteiger partial charge in [0.25, 0.3) is 0 Å². The minimum atomic E-state index is -1.55. The number of allylic oxidation sites excluding steroid dienone is 1. The Labute approximate surface area is 374 Å². The number of aliphatic hydroxyl groups excluding tert-OH is 2. The second-order valence-electron chi connectivity index (χ2n) is 16.8. The van der Waals surface area contributed by atoms with Crippen LogP contribution in [0, 0.1) is 23.6 Å². The zero-order valence-corrected chi connectivity index (χ0v) is 36.8. The summed E-state index contributed by atoms with van der Waals surface area (Å²) in [6, 6.07) is 15.8. The lowest BCUT2D eigenvalue weighted by Crippen LogP contribution is -2.70. The minimum Gasteiger partial charge on any atom is -0.496 e. The maximum atomic E-state index is 14.5. The molecule has 3 aromatic rings. The van der Waals surface area contributed by atoms with Gasteiger partial charge in [-0.05, 0) is 117 Å². The van der Waals surface area contributed by atoms with E-state index in [-0.39, 0.29) is 57.1 Å². The zero-order chi connectivity index (χ0) is 45.1. The average molecular weight is 885 g/mol. The maximum Gasteiger partial charge on any atom is 0.410 e. The summed E-state index contributed by atoms with van der Waals surface area (Å²) in [6.45, 7) is 6.64. The van der Waals surface area contributed by atoms with Crippen LogP contribution in [0.4, 0.5) is 9.18 Å². The van der Waals surface area contributed by atoms with E-state index in [0.29, 0.717) is 65.7 Å². The number of nitrogens with zero attached hydrogens (tertiary/aromatic N) is 2. The molecule has 0 aromatic heterocycles. The number of aldehydes is 1. The molecule has 4 aliphatic rings. The minimum absolute atomic E-state index is 0.00100. The number of aliphatic hydroxyl groups is 2. The van der Waals surface area contributed by atoms with E-state index in [1.165, 1.54) is 19.2 Å². The van der Waals surface area contributed by atoms with Crippen LogP contribution in [0.2, 0.25) is 0 Å². The lowest BCUT2D eigenvalue weighted by molar-refractivity contribution is -0.256. The van der Waals surface area contributed by atoms with Crippen LogP contribution in [0.5, 0.6) is 23.0 Å². The number of ether oxygens (including phenoxy) is 6. The summed E-state index contributed by atoms with van der Waals surface area (Å²) in [5, 5.41) is 24.8. The predicted octanol–water partition coefficient (Wildman–Crippen LogP) is 9.26. The van der Waals surface area contributed by atoms with Gasteiger partial charge in [0, 0.05) is 44.1 Å². The summed E-state index contributed by atoms with van der Waals surface area (Å²) in [4.78, 5) is 34.3. The molecule has 1 amide bonds. The summed E-state index contributed by atoms with van der Waals surface area (Å²) < 4.78 is 52.3. The Morgan fingerprint density at radius 1 is 1.02 bits per heavy atom. The third-order valence-electron chi connectivity index (χ3n) is 12.8. The molecule has 7 atom stereocenters. The van der Waals surface area contributed by atoms with Gasteiger partial charge in [-0.1, -0.05) is 42.3 Å². The number of amides is 1. The highest BCUT2D eigenvalue weighted by molar-refractivity contribution is 6.03. The van der Waals surface area contributed by atoms with Crippen LogP contribution in [0.3, 0.4) is 0 Å². The fourth-order valence-corrected chi connectivity index (χ4v) is 9.93. The van der Waals surface area contributed by atoms with E-state index in [1.807, 2.05) is 12.1 Å². The molecule has 0 bridgehead atoms. The second kappa shape index (κ2) is 22.1. The highest BCUT2D eigenvalue weighted by Crippen LogP contribution is 2.62. The molecule has 2 heterocycles. The molecule has 1 saturated heterocycles. The first kappa shape index (κ1) is 46.7. The number of carbonyl (C=O) groups excluding carboxylic acids is 2. The fraction of sp³-hybridized carbons (Fsp3) is 0.500. The lowest BCUT2D eigenvalue weighted by atomic mass is 9.55. The van der Waals surface area contributed by atoms with Crippen LogP contribution in [0.15, 0.2) is 90.1 Å². The third-order valence-corrected chi connectivity index (χ3v) is 12.8. The Morgan fingerprint density at radius 3 is 2.48 bits per heavy atom. The van der Waals surface area contributed by atoms with Gasteiger partial charge in [0.05, 0.1) is 44.1 Å². The molecule has 344 valence electrons. The number of unbranched alkanes of at least 4 members (excludes halogenated alkanes) is 2. The van der Waals surface area contributed by atoms with Gasteiger partial charge in [-0.25, -0.2) is 9.18 Å². The van der Waals surface area contributed by atoms with Crippen molar-refractivity contribution in [2.45, 2.75) is 102 Å². The number of hydrogen-bond acceptors (Lipinski definition) is 12. The molecule has 7 rings (SSSR count). The van der Waals surface area contributed by atoms with Gasteiger partial charge < -0.3 is 43.5 Å². The van der Waals surface area contributed by atoms with Gasteiger partial charge in [0.1, 0.15) is 34.9 Å². The van der Waals surface area contributed by atoms with E-state index >= 15 is 0 Å². The molecule has 64 heavy (non-hydrogen) atoms. The molecule has 14 heteroatoms. The van der Waals surface area contributed by atoms with E-state index in [9.17, 15) is 24.2 Å². The molecule has 0 spiro atoms. The van der Waals surface area contributed by atoms with Gasteiger partial charge >= 0.3 is 6.09 Å². The van der Waals surface area contributed by atoms with Gasteiger partial charge in [-0.3, -0.25) is 9.69 Å². The summed E-state index contributed by atoms with van der Waals surface area (Å²) in [5.41, 5.74) is 3.34. The van der Waals surface area contributed by atoms with Crippen LogP contribution in [-0.2, 0) is 25.6 Å². The standard InChI is InChI=1S/C50H61FN2O11/c1-4-25-61-50-45(53(49(57)59-5-2)31-33-15-17-36(51)18-16-33)30-42(52-64-46-14-8-11-26-60-46)40-28-34(12-6-9-23-54)39(13-7-10-24-55)47(48(40)50)41-29-38(20-22-44(41)63-50)62-37-19-21-43(58-3)35(27-37)32-56/h4,15-22,27-29,32,34,39,45-48,54-55H,1,5-14,23-26,30-31H2,2-3H3/t34-,39+,45-,46?,47+,48+,50+/m0/s1. The van der Waals surface area contributed by atoms with E-state index in [4.69, 9.17) is 38.4 Å². The molecular weight excluding hydrogens is 824 g/mol. The number of methoxy groups -OCH3 is 1. The number of carbonyl (C=O) groups is 2. The molecule has 0 radical (unpaired) electrons. The Hall–Kier alpha value is -5.28. The van der Waals surface area contributed by atoms with Crippen molar-refractivity contribution in [3.8, 4) is 23.0 Å². The first-order valence-electron chi connectivity index (χ1n) is 22.6. The SMILES string of the molecule is C=CCO[C@@]12Oc3ccc(Oc4ccc(OC)c(C=O)c4)cc3[C@H]3[C@H](CCCCO)[C@@H](CCCCO)C=C(C(=NOC4CCCCO4)C[C@@H]1N(Cc1ccc(F)cc1)C(=O)OCC)[C@H]32. The molecule has 2 N–H and O–H groups in total. The Morgan fingerprint density at radius 2 is 1.78 bits per heavy atom. The summed E-state index contributed by atoms with van der Waals surface area (Å²) in [6.07, 6.45) is 10.4. The van der Waals surface area contributed by atoms with Crippen molar-refractivity contribution in [3.63, 3.8) is 0 Å². The van der Waals surface area contributed by atoms with Gasteiger partial charge in [-0.15, -0.1) is 6.58 Å². The van der Waals surface area contributed by atoms with Crippen LogP contribution in [-0.4, -0.2) is 91.5 Å². The summed E-state index contributed by atoms with van der Waals surface area (Å²) in [5.74, 6) is -1.01. The summed E-state index contributed by atoms with van der Waals surface area (Å²) >= 11 is 0. The molecule has 2 fully saturated rings. The second-order valence-corrected chi connectivity index (χ2v) is 16.8. The molecular formula is C50H61FN2O11. The number of rotatable bonds is 21. The maximum absolute atomic E-state index is 14.5. The molecule has 2 aliphatic heterocycles. The van der Waals surface area contributed by atoms with E-state index in [1.54, 1.807) is 54.3 Å². The van der Waals surface area contributed by atoms with Gasteiger partial charge in [-0.2, -0.15) is 0 Å². The van der Waals surface area contributed by atoms with Crippen LogP contribution in [0.1, 0.15) is 98.5 Å². The van der Waals surface area contributed by atoms with E-state index in [2.05, 4.69) is 12.7 Å². The van der Waals surface area contributed by atoms with Crippen molar-refractivity contribution in [1.82, 2.24) is 4.90 Å². The smallest absolute Gasteiger partial charge is 0.410 e. The summed E-state index contributed by atoms with van der Waals surface area (Å²) in [7, 11) is 1.50. The van der Waals surface area contributed by atoms with Crippen molar-refractivity contribution in [1.29, 1.82) is 0 Å². The first-order valence-corrected chi connectivity index (χ1v) is 22.6. The van der Waals surface area contributed by atoms with E-state index in [0.717, 1.165) is 55.9 Å². The highest BCUT2D eigenvalue weighted by Gasteiger charge is 2.65.